The number of nitrogens with two attached hydrogens (primary N) is 1. The molecule has 0 aliphatic carbocycles. The molecule has 27 heavy (non-hydrogen) atoms. The first-order valence-electron chi connectivity index (χ1n) is 8.77. The van der Waals surface area contributed by atoms with Crippen LogP contribution in [0.15, 0.2) is 35.4 Å². The molecule has 0 saturated carbocycles. The van der Waals surface area contributed by atoms with E-state index in [0.717, 1.165) is 5.56 Å². The number of nitrogens with one attached hydrogen (secondary N) is 1. The van der Waals surface area contributed by atoms with Crippen molar-refractivity contribution < 1.29 is 13.2 Å². The van der Waals surface area contributed by atoms with Crippen LogP contribution in [0.5, 0.6) is 0 Å². The molecule has 1 aromatic heterocycles. The van der Waals surface area contributed by atoms with Gasteiger partial charge >= 0.3 is 0 Å². The van der Waals surface area contributed by atoms with Crippen molar-refractivity contribution in [3.63, 3.8) is 0 Å². The smallest absolute Gasteiger partial charge is 0.243 e. The quantitative estimate of drug-likeness (QED) is 0.773. The number of aromatic nitrogens is 1. The van der Waals surface area contributed by atoms with E-state index in [4.69, 9.17) is 5.73 Å². The standard InChI is InChI=1S/C18H24N4O3S.ClH/c1-13-6-7-16(15-5-2-9-20-17(13)15)26(24,25)22-11-3-4-14(12-22)18(23)21-10-8-19;/h2,5-7,9,14H,3-4,8,10-12,19H2,1H3,(H,21,23);1H. The average Bonchev–Trinajstić information content (AvgIpc) is 2.66. The van der Waals surface area contributed by atoms with Crippen molar-refractivity contribution in [2.45, 2.75) is 24.7 Å². The zero-order valence-electron chi connectivity index (χ0n) is 15.2. The molecular weight excluding hydrogens is 388 g/mol. The number of halogens is 1. The number of rotatable bonds is 5. The Bertz CT molecular complexity index is 920. The van der Waals surface area contributed by atoms with Crippen molar-refractivity contribution in [1.82, 2.24) is 14.6 Å². The summed E-state index contributed by atoms with van der Waals surface area (Å²) < 4.78 is 27.9. The molecule has 1 aromatic carbocycles. The first-order valence-corrected chi connectivity index (χ1v) is 10.2. The Morgan fingerprint density at radius 3 is 2.89 bits per heavy atom. The van der Waals surface area contributed by atoms with Gasteiger partial charge in [-0.1, -0.05) is 6.07 Å². The topological polar surface area (TPSA) is 105 Å². The van der Waals surface area contributed by atoms with Crippen LogP contribution in [0.1, 0.15) is 18.4 Å². The van der Waals surface area contributed by atoms with E-state index in [0.29, 0.717) is 43.4 Å². The van der Waals surface area contributed by atoms with Crippen LogP contribution in [0.25, 0.3) is 10.9 Å². The lowest BCUT2D eigenvalue weighted by Gasteiger charge is -2.31. The molecule has 1 fully saturated rings. The molecule has 0 bridgehead atoms. The number of sulfonamides is 1. The first kappa shape index (κ1) is 21.6. The number of carbonyl (C=O) groups excluding carboxylic acids is 1. The molecule has 1 aliphatic rings. The van der Waals surface area contributed by atoms with Gasteiger partial charge in [-0.3, -0.25) is 9.78 Å². The van der Waals surface area contributed by atoms with Gasteiger partial charge < -0.3 is 11.1 Å². The molecule has 7 nitrogen and oxygen atoms in total. The third-order valence-electron chi connectivity index (χ3n) is 4.75. The number of hydrogen-bond acceptors (Lipinski definition) is 5. The van der Waals surface area contributed by atoms with E-state index in [2.05, 4.69) is 10.3 Å². The molecule has 148 valence electrons. The van der Waals surface area contributed by atoms with Gasteiger partial charge in [-0.25, -0.2) is 8.42 Å². The van der Waals surface area contributed by atoms with Crippen LogP contribution in [-0.2, 0) is 14.8 Å². The van der Waals surface area contributed by atoms with Gasteiger partial charge in [0.25, 0.3) is 0 Å². The summed E-state index contributed by atoms with van der Waals surface area (Å²) in [5.74, 6) is -0.481. The number of carbonyl (C=O) groups is 1. The molecule has 1 amide bonds. The number of nitrogens with zero attached hydrogens (tertiary/aromatic N) is 2. The summed E-state index contributed by atoms with van der Waals surface area (Å²) in [7, 11) is -3.70. The lowest BCUT2D eigenvalue weighted by molar-refractivity contribution is -0.126. The molecule has 0 spiro atoms. The number of fused-ring (bicyclic) bond motifs is 1. The van der Waals surface area contributed by atoms with Crippen LogP contribution in [0.2, 0.25) is 0 Å². The highest BCUT2D eigenvalue weighted by atomic mass is 35.5. The fourth-order valence-electron chi connectivity index (χ4n) is 3.37. The predicted molar refractivity (Wildman–Crippen MR) is 107 cm³/mol. The number of benzene rings is 1. The van der Waals surface area contributed by atoms with Crippen molar-refractivity contribution in [3.8, 4) is 0 Å². The lowest BCUT2D eigenvalue weighted by Crippen LogP contribution is -2.46. The van der Waals surface area contributed by atoms with Crippen molar-refractivity contribution >= 4 is 39.2 Å². The molecule has 1 saturated heterocycles. The Kier molecular flexibility index (Phi) is 7.16. The molecular formula is C18H25ClN4O3S. The Hall–Kier alpha value is -1.74. The van der Waals surface area contributed by atoms with Crippen LogP contribution in [0.4, 0.5) is 0 Å². The molecule has 2 heterocycles. The van der Waals surface area contributed by atoms with E-state index in [9.17, 15) is 13.2 Å². The maximum absolute atomic E-state index is 13.2. The SMILES string of the molecule is Cc1ccc(S(=O)(=O)N2CCCC(C(=O)NCCN)C2)c2cccnc12.Cl. The Labute approximate surface area is 165 Å². The fraction of sp³-hybridized carbons (Fsp3) is 0.444. The molecule has 3 N–H and O–H groups in total. The highest BCUT2D eigenvalue weighted by molar-refractivity contribution is 7.89. The van der Waals surface area contributed by atoms with Gasteiger partial charge in [0.05, 0.1) is 16.3 Å². The number of aryl methyl sites for hydroxylation is 1. The summed E-state index contributed by atoms with van der Waals surface area (Å²) in [5.41, 5.74) is 7.03. The second-order valence-corrected chi connectivity index (χ2v) is 8.47. The third-order valence-corrected chi connectivity index (χ3v) is 6.67. The minimum Gasteiger partial charge on any atom is -0.355 e. The lowest BCUT2D eigenvalue weighted by atomic mass is 9.99. The highest BCUT2D eigenvalue weighted by Gasteiger charge is 2.34. The van der Waals surface area contributed by atoms with E-state index in [1.54, 1.807) is 30.5 Å². The summed E-state index contributed by atoms with van der Waals surface area (Å²) in [4.78, 5) is 16.8. The molecule has 0 radical (unpaired) electrons. The van der Waals surface area contributed by atoms with Gasteiger partial charge in [0.15, 0.2) is 0 Å². The van der Waals surface area contributed by atoms with Crippen molar-refractivity contribution in [2.75, 3.05) is 26.2 Å². The summed E-state index contributed by atoms with van der Waals surface area (Å²) in [5, 5.41) is 3.37. The average molecular weight is 413 g/mol. The second-order valence-electron chi connectivity index (χ2n) is 6.56. The largest absolute Gasteiger partial charge is 0.355 e. The maximum atomic E-state index is 13.2. The summed E-state index contributed by atoms with van der Waals surface area (Å²) >= 11 is 0. The predicted octanol–water partition coefficient (Wildman–Crippen LogP) is 1.44. The molecule has 2 aromatic rings. The van der Waals surface area contributed by atoms with Gasteiger partial charge in [0, 0.05) is 37.8 Å². The third kappa shape index (κ3) is 4.40. The molecule has 9 heteroatoms. The number of piperidine rings is 1. The maximum Gasteiger partial charge on any atom is 0.243 e. The van der Waals surface area contributed by atoms with Crippen molar-refractivity contribution in [1.29, 1.82) is 0 Å². The number of pyridine rings is 1. The van der Waals surface area contributed by atoms with E-state index in [-0.39, 0.29) is 35.7 Å². The van der Waals surface area contributed by atoms with Crippen LogP contribution < -0.4 is 11.1 Å². The summed E-state index contributed by atoms with van der Waals surface area (Å²) in [6, 6.07) is 6.92. The van der Waals surface area contributed by atoms with Gasteiger partial charge in [0.2, 0.25) is 15.9 Å². The molecule has 1 unspecified atom stereocenters. The van der Waals surface area contributed by atoms with Crippen LogP contribution in [0, 0.1) is 12.8 Å². The Morgan fingerprint density at radius 2 is 2.15 bits per heavy atom. The summed E-state index contributed by atoms with van der Waals surface area (Å²) in [6.45, 7) is 3.27. The molecule has 3 rings (SSSR count). The Balaban J connectivity index is 0.00000261. The first-order chi connectivity index (χ1) is 12.4. The van der Waals surface area contributed by atoms with Crippen molar-refractivity contribution in [3.05, 3.63) is 36.0 Å². The summed E-state index contributed by atoms with van der Waals surface area (Å²) in [6.07, 6.45) is 2.99. The monoisotopic (exact) mass is 412 g/mol. The minimum atomic E-state index is -3.70. The van der Waals surface area contributed by atoms with Crippen LogP contribution in [0.3, 0.4) is 0 Å². The van der Waals surface area contributed by atoms with E-state index >= 15 is 0 Å². The molecule has 1 aliphatic heterocycles. The van der Waals surface area contributed by atoms with Crippen LogP contribution >= 0.6 is 12.4 Å². The zero-order valence-corrected chi connectivity index (χ0v) is 16.9. The van der Waals surface area contributed by atoms with Gasteiger partial charge in [0.1, 0.15) is 0 Å². The molecule has 1 atom stereocenters. The minimum absolute atomic E-state index is 0. The van der Waals surface area contributed by atoms with E-state index in [1.807, 2.05) is 6.92 Å². The van der Waals surface area contributed by atoms with Gasteiger partial charge in [-0.05, 0) is 43.5 Å². The highest BCUT2D eigenvalue weighted by Crippen LogP contribution is 2.29. The number of hydrogen-bond donors (Lipinski definition) is 2. The number of amides is 1. The normalized spacial score (nSPS) is 18.1. The second kappa shape index (κ2) is 8.97. The van der Waals surface area contributed by atoms with Gasteiger partial charge in [-0.15, -0.1) is 12.4 Å². The van der Waals surface area contributed by atoms with E-state index in [1.165, 1.54) is 4.31 Å². The Morgan fingerprint density at radius 1 is 1.37 bits per heavy atom. The van der Waals surface area contributed by atoms with E-state index < -0.39 is 10.0 Å². The zero-order chi connectivity index (χ0) is 18.7. The van der Waals surface area contributed by atoms with Crippen LogP contribution in [-0.4, -0.2) is 49.8 Å². The van der Waals surface area contributed by atoms with Gasteiger partial charge in [-0.2, -0.15) is 4.31 Å². The van der Waals surface area contributed by atoms with Crippen molar-refractivity contribution in [2.24, 2.45) is 11.7 Å². The fourth-order valence-corrected chi connectivity index (χ4v) is 5.07.